The number of anilines is 1. The fraction of sp³-hybridized carbons (Fsp3) is 0.484. The minimum Gasteiger partial charge on any atom is -0.490 e. The van der Waals surface area contributed by atoms with E-state index in [4.69, 9.17) is 4.74 Å². The number of carbonyl (C=O) groups excluding carboxylic acids is 1. The van der Waals surface area contributed by atoms with Crippen LogP contribution in [0.4, 0.5) is 10.1 Å². The Bertz CT molecular complexity index is 1060. The third kappa shape index (κ3) is 10.3. The lowest BCUT2D eigenvalue weighted by Gasteiger charge is -2.14. The number of amides is 1. The second-order valence-corrected chi connectivity index (χ2v) is 10.4. The van der Waals surface area contributed by atoms with E-state index in [1.165, 1.54) is 70.3 Å². The first kappa shape index (κ1) is 28.8. The average molecular weight is 526 g/mol. The molecule has 0 atom stereocenters. The average Bonchev–Trinajstić information content (AvgIpc) is 3.42. The number of unbranched alkanes of at least 4 members (excludes halogenated alkanes) is 11. The zero-order valence-electron chi connectivity index (χ0n) is 22.2. The molecule has 1 heterocycles. The van der Waals surface area contributed by atoms with Crippen LogP contribution in [0.3, 0.4) is 0 Å². The quantitative estimate of drug-likeness (QED) is 0.133. The summed E-state index contributed by atoms with van der Waals surface area (Å²) >= 11 is 1.62. The Hall–Kier alpha value is -2.73. The smallest absolute Gasteiger partial charge is 0.259 e. The number of aromatic nitrogens is 1. The van der Waals surface area contributed by atoms with Gasteiger partial charge >= 0.3 is 0 Å². The number of carbonyl (C=O) groups is 1. The highest BCUT2D eigenvalue weighted by molar-refractivity contribution is 7.07. The Kier molecular flexibility index (Phi) is 13.2. The third-order valence-corrected chi connectivity index (χ3v) is 7.27. The number of thiazole rings is 1. The molecule has 1 aromatic heterocycles. The Balaban J connectivity index is 1.42. The molecule has 3 rings (SSSR count). The van der Waals surface area contributed by atoms with Gasteiger partial charge < -0.3 is 10.1 Å². The van der Waals surface area contributed by atoms with Crippen LogP contribution in [0.5, 0.6) is 5.75 Å². The molecule has 0 saturated heterocycles. The van der Waals surface area contributed by atoms with Crippen LogP contribution in [0.25, 0.3) is 0 Å². The van der Waals surface area contributed by atoms with Gasteiger partial charge in [-0.15, -0.1) is 0 Å². The summed E-state index contributed by atoms with van der Waals surface area (Å²) < 4.78 is 22.5. The van der Waals surface area contributed by atoms with Crippen molar-refractivity contribution < 1.29 is 18.5 Å². The van der Waals surface area contributed by atoms with E-state index in [1.807, 2.05) is 41.4 Å². The minimum atomic E-state index is -0.506. The summed E-state index contributed by atoms with van der Waals surface area (Å²) in [6.07, 6.45) is 17.1. The first-order valence-electron chi connectivity index (χ1n) is 13.9. The molecule has 0 aliphatic heterocycles. The second-order valence-electron chi connectivity index (χ2n) is 9.66. The number of hydrogen-bond acceptors (Lipinski definition) is 3. The van der Waals surface area contributed by atoms with E-state index in [2.05, 4.69) is 16.8 Å². The van der Waals surface area contributed by atoms with Gasteiger partial charge in [0, 0.05) is 5.56 Å². The molecule has 200 valence electrons. The highest BCUT2D eigenvalue weighted by atomic mass is 32.1. The van der Waals surface area contributed by atoms with Crippen LogP contribution >= 0.6 is 11.3 Å². The van der Waals surface area contributed by atoms with E-state index in [0.29, 0.717) is 18.8 Å². The van der Waals surface area contributed by atoms with Crippen molar-refractivity contribution in [3.63, 3.8) is 0 Å². The lowest BCUT2D eigenvalue weighted by molar-refractivity contribution is -0.683. The molecule has 2 aromatic carbocycles. The van der Waals surface area contributed by atoms with Crippen molar-refractivity contribution >= 4 is 22.9 Å². The fourth-order valence-electron chi connectivity index (χ4n) is 4.47. The van der Waals surface area contributed by atoms with Crippen LogP contribution in [-0.4, -0.2) is 12.5 Å². The van der Waals surface area contributed by atoms with Gasteiger partial charge in [-0.3, -0.25) is 4.79 Å². The molecule has 3 aromatic rings. The normalized spacial score (nSPS) is 11.0. The van der Waals surface area contributed by atoms with Crippen molar-refractivity contribution in [2.45, 2.75) is 90.5 Å². The number of para-hydroxylation sites is 2. The summed E-state index contributed by atoms with van der Waals surface area (Å²) in [5.74, 6) is -0.839. The molecule has 6 heteroatoms. The van der Waals surface area contributed by atoms with Gasteiger partial charge in [0.05, 0.1) is 23.2 Å². The predicted molar refractivity (Wildman–Crippen MR) is 151 cm³/mol. The Morgan fingerprint density at radius 1 is 0.892 bits per heavy atom. The number of nitrogens with one attached hydrogen (secondary N) is 1. The van der Waals surface area contributed by atoms with Crippen LogP contribution in [0.15, 0.2) is 59.6 Å². The summed E-state index contributed by atoms with van der Waals surface area (Å²) in [5.41, 5.74) is 3.93. The fourth-order valence-corrected chi connectivity index (χ4v) is 5.07. The van der Waals surface area contributed by atoms with Crippen LogP contribution in [-0.2, 0) is 6.54 Å². The van der Waals surface area contributed by atoms with Crippen molar-refractivity contribution in [3.8, 4) is 5.75 Å². The molecule has 0 saturated carbocycles. The molecule has 4 nitrogen and oxygen atoms in total. The van der Waals surface area contributed by atoms with Gasteiger partial charge in [0.2, 0.25) is 5.51 Å². The molecule has 0 aliphatic rings. The number of hydrogen-bond donors (Lipinski definition) is 1. The van der Waals surface area contributed by atoms with Gasteiger partial charge in [0.1, 0.15) is 0 Å². The zero-order chi connectivity index (χ0) is 26.1. The van der Waals surface area contributed by atoms with Gasteiger partial charge in [-0.1, -0.05) is 113 Å². The maximum Gasteiger partial charge on any atom is 0.259 e. The van der Waals surface area contributed by atoms with Crippen molar-refractivity contribution in [2.24, 2.45) is 0 Å². The van der Waals surface area contributed by atoms with Crippen LogP contribution in [0, 0.1) is 5.82 Å². The molecule has 0 bridgehead atoms. The zero-order valence-corrected chi connectivity index (χ0v) is 23.0. The number of benzene rings is 2. The lowest BCUT2D eigenvalue weighted by atomic mass is 10.1. The van der Waals surface area contributed by atoms with Gasteiger partial charge in [-0.2, -0.15) is 4.57 Å². The monoisotopic (exact) mass is 525 g/mol. The van der Waals surface area contributed by atoms with Gasteiger partial charge in [-0.25, -0.2) is 4.39 Å². The summed E-state index contributed by atoms with van der Waals surface area (Å²) in [4.78, 5) is 13.1. The molecule has 0 unspecified atom stereocenters. The molecule has 0 fully saturated rings. The number of rotatable bonds is 18. The first-order chi connectivity index (χ1) is 18.2. The summed E-state index contributed by atoms with van der Waals surface area (Å²) in [6, 6.07) is 12.2. The Morgan fingerprint density at radius 2 is 1.57 bits per heavy atom. The third-order valence-electron chi connectivity index (χ3n) is 6.60. The summed E-state index contributed by atoms with van der Waals surface area (Å²) in [7, 11) is 0. The maximum atomic E-state index is 14.6. The predicted octanol–water partition coefficient (Wildman–Crippen LogP) is 8.56. The molecule has 1 amide bonds. The number of nitrogens with zero attached hydrogens (tertiary/aromatic N) is 1. The molecule has 1 N–H and O–H groups in total. The molecule has 37 heavy (non-hydrogen) atoms. The van der Waals surface area contributed by atoms with E-state index >= 15 is 0 Å². The van der Waals surface area contributed by atoms with Crippen LogP contribution in [0.2, 0.25) is 0 Å². The molecule has 0 aliphatic carbocycles. The van der Waals surface area contributed by atoms with Crippen LogP contribution < -0.4 is 14.6 Å². The Morgan fingerprint density at radius 3 is 2.24 bits per heavy atom. The van der Waals surface area contributed by atoms with Crippen molar-refractivity contribution in [2.75, 3.05) is 11.9 Å². The topological polar surface area (TPSA) is 42.2 Å². The largest absolute Gasteiger partial charge is 0.490 e. The molecular weight excluding hydrogens is 483 g/mol. The standard InChI is InChI=1S/C31H41FN2O2S/c1-2-3-4-5-6-7-8-9-10-11-12-15-22-36-30-27(18-16-19-28(30)32)31(35)33-29-20-14-13-17-26(29)24-34-21-23-37-25-34/h13-14,16-21,23,25H,2-12,15,22,24H2,1H3/p+1. The van der Waals surface area contributed by atoms with E-state index in [-0.39, 0.29) is 17.2 Å². The van der Waals surface area contributed by atoms with Crippen molar-refractivity contribution in [1.29, 1.82) is 0 Å². The Labute approximate surface area is 225 Å². The second kappa shape index (κ2) is 16.9. The minimum absolute atomic E-state index is 0.0350. The van der Waals surface area contributed by atoms with Crippen molar-refractivity contribution in [3.05, 3.63) is 76.5 Å². The number of halogens is 1. The van der Waals surface area contributed by atoms with E-state index < -0.39 is 5.82 Å². The highest BCUT2D eigenvalue weighted by Crippen LogP contribution is 2.25. The molecule has 0 radical (unpaired) electrons. The van der Waals surface area contributed by atoms with Gasteiger partial charge in [0.25, 0.3) is 5.91 Å². The highest BCUT2D eigenvalue weighted by Gasteiger charge is 2.18. The van der Waals surface area contributed by atoms with Gasteiger partial charge in [-0.05, 0) is 24.6 Å². The van der Waals surface area contributed by atoms with E-state index in [1.54, 1.807) is 23.5 Å². The van der Waals surface area contributed by atoms with E-state index in [9.17, 15) is 9.18 Å². The maximum absolute atomic E-state index is 14.6. The SMILES string of the molecule is CCCCCCCCCCCCCCOc1c(F)cccc1C(=O)Nc1ccccc1C[n+]1ccsc1. The molecule has 0 spiro atoms. The number of ether oxygens (including phenoxy) is 1. The molecular formula is C31H42FN2O2S+. The first-order valence-corrected chi connectivity index (χ1v) is 14.8. The van der Waals surface area contributed by atoms with Crippen LogP contribution in [0.1, 0.15) is 99.9 Å². The van der Waals surface area contributed by atoms with Gasteiger partial charge in [0.15, 0.2) is 24.3 Å². The van der Waals surface area contributed by atoms with E-state index in [0.717, 1.165) is 18.4 Å². The summed E-state index contributed by atoms with van der Waals surface area (Å²) in [6.45, 7) is 3.31. The lowest BCUT2D eigenvalue weighted by Crippen LogP contribution is -2.31. The van der Waals surface area contributed by atoms with Crippen molar-refractivity contribution in [1.82, 2.24) is 0 Å². The summed E-state index contributed by atoms with van der Waals surface area (Å²) in [5, 5.41) is 4.97.